The van der Waals surface area contributed by atoms with E-state index in [1.807, 2.05) is 44.4 Å². The molecule has 0 spiro atoms. The minimum atomic E-state index is 0.0597. The molecule has 0 saturated carbocycles. The normalized spacial score (nSPS) is 12.8. The highest BCUT2D eigenvalue weighted by atomic mass is 16.5. The molecule has 0 aliphatic carbocycles. The summed E-state index contributed by atoms with van der Waals surface area (Å²) >= 11 is 0. The van der Waals surface area contributed by atoms with Crippen molar-refractivity contribution in [3.8, 4) is 5.75 Å². The van der Waals surface area contributed by atoms with Crippen molar-refractivity contribution in [2.24, 2.45) is 0 Å². The molecule has 0 fully saturated rings. The maximum atomic E-state index is 9.31. The lowest BCUT2D eigenvalue weighted by atomic mass is 10.1. The van der Waals surface area contributed by atoms with Gasteiger partial charge in [0.05, 0.1) is 12.7 Å². The molecule has 0 amide bonds. The largest absolute Gasteiger partial charge is 0.508 e. The van der Waals surface area contributed by atoms with Crippen molar-refractivity contribution >= 4 is 6.08 Å². The van der Waals surface area contributed by atoms with Gasteiger partial charge in [-0.15, -0.1) is 0 Å². The fraction of sp³-hybridized carbons (Fsp3) is 0.300. The SMILES string of the molecule is CN(C)CCOC(CC=Cc1ccc(O)cc1)c1ccccc1. The van der Waals surface area contributed by atoms with E-state index >= 15 is 0 Å². The summed E-state index contributed by atoms with van der Waals surface area (Å²) in [6.45, 7) is 1.62. The molecule has 0 aromatic heterocycles. The number of ether oxygens (including phenoxy) is 1. The molecule has 0 aliphatic rings. The number of likely N-dealkylation sites (N-methyl/N-ethyl adjacent to an activating group) is 1. The molecule has 0 aliphatic heterocycles. The number of nitrogens with zero attached hydrogens (tertiary/aromatic N) is 1. The molecule has 1 atom stereocenters. The van der Waals surface area contributed by atoms with E-state index in [0.717, 1.165) is 18.5 Å². The van der Waals surface area contributed by atoms with Crippen LogP contribution in [0.25, 0.3) is 6.08 Å². The molecule has 122 valence electrons. The Morgan fingerprint density at radius 1 is 1.04 bits per heavy atom. The topological polar surface area (TPSA) is 32.7 Å². The smallest absolute Gasteiger partial charge is 0.115 e. The predicted molar refractivity (Wildman–Crippen MR) is 95.4 cm³/mol. The van der Waals surface area contributed by atoms with Crippen LogP contribution in [0.5, 0.6) is 5.75 Å². The Morgan fingerprint density at radius 3 is 2.39 bits per heavy atom. The van der Waals surface area contributed by atoms with Gasteiger partial charge < -0.3 is 14.7 Å². The van der Waals surface area contributed by atoms with Crippen molar-refractivity contribution in [3.05, 3.63) is 71.8 Å². The molecule has 0 bridgehead atoms. The monoisotopic (exact) mass is 311 g/mol. The number of benzene rings is 2. The number of hydrogen-bond donors (Lipinski definition) is 1. The van der Waals surface area contributed by atoms with Crippen LogP contribution in [0.3, 0.4) is 0 Å². The van der Waals surface area contributed by atoms with Crippen LogP contribution in [-0.4, -0.2) is 37.3 Å². The third kappa shape index (κ3) is 6.27. The lowest BCUT2D eigenvalue weighted by Crippen LogP contribution is -2.19. The zero-order valence-corrected chi connectivity index (χ0v) is 13.9. The van der Waals surface area contributed by atoms with Gasteiger partial charge in [-0.1, -0.05) is 54.6 Å². The molecular weight excluding hydrogens is 286 g/mol. The van der Waals surface area contributed by atoms with Gasteiger partial charge in [-0.2, -0.15) is 0 Å². The van der Waals surface area contributed by atoms with Crippen LogP contribution in [-0.2, 0) is 4.74 Å². The second-order valence-electron chi connectivity index (χ2n) is 5.80. The summed E-state index contributed by atoms with van der Waals surface area (Å²) in [5, 5.41) is 9.31. The van der Waals surface area contributed by atoms with E-state index < -0.39 is 0 Å². The summed E-state index contributed by atoms with van der Waals surface area (Å²) in [6, 6.07) is 17.5. The summed E-state index contributed by atoms with van der Waals surface area (Å²) in [5.41, 5.74) is 2.27. The first-order valence-electron chi connectivity index (χ1n) is 7.92. The van der Waals surface area contributed by atoms with E-state index in [4.69, 9.17) is 4.74 Å². The van der Waals surface area contributed by atoms with E-state index in [1.54, 1.807) is 12.1 Å². The highest BCUT2D eigenvalue weighted by molar-refractivity contribution is 5.50. The average Bonchev–Trinajstić information content (AvgIpc) is 2.56. The lowest BCUT2D eigenvalue weighted by Gasteiger charge is -2.18. The minimum absolute atomic E-state index is 0.0597. The molecule has 0 heterocycles. The van der Waals surface area contributed by atoms with Gasteiger partial charge in [-0.3, -0.25) is 0 Å². The quantitative estimate of drug-likeness (QED) is 0.796. The Balaban J connectivity index is 1.97. The first-order chi connectivity index (χ1) is 11.1. The first-order valence-corrected chi connectivity index (χ1v) is 7.92. The van der Waals surface area contributed by atoms with E-state index in [0.29, 0.717) is 6.61 Å². The second-order valence-corrected chi connectivity index (χ2v) is 5.80. The van der Waals surface area contributed by atoms with Crippen molar-refractivity contribution in [1.29, 1.82) is 0 Å². The molecule has 1 N–H and O–H groups in total. The van der Waals surface area contributed by atoms with Gasteiger partial charge in [0, 0.05) is 6.54 Å². The van der Waals surface area contributed by atoms with Crippen molar-refractivity contribution in [2.45, 2.75) is 12.5 Å². The zero-order valence-electron chi connectivity index (χ0n) is 13.9. The Morgan fingerprint density at radius 2 is 1.74 bits per heavy atom. The lowest BCUT2D eigenvalue weighted by molar-refractivity contribution is 0.0454. The van der Waals surface area contributed by atoms with Crippen LogP contribution in [0, 0.1) is 0 Å². The second kappa shape index (κ2) is 9.13. The first kappa shape index (κ1) is 17.3. The Kier molecular flexibility index (Phi) is 6.85. The number of rotatable bonds is 8. The van der Waals surface area contributed by atoms with E-state index in [9.17, 15) is 5.11 Å². The van der Waals surface area contributed by atoms with Gasteiger partial charge >= 0.3 is 0 Å². The number of hydrogen-bond acceptors (Lipinski definition) is 3. The van der Waals surface area contributed by atoms with Crippen molar-refractivity contribution in [2.75, 3.05) is 27.2 Å². The molecule has 2 aromatic carbocycles. The van der Waals surface area contributed by atoms with Crippen molar-refractivity contribution in [1.82, 2.24) is 4.90 Å². The third-order valence-electron chi connectivity index (χ3n) is 3.58. The predicted octanol–water partition coefficient (Wildman–Crippen LogP) is 4.12. The molecule has 3 nitrogen and oxygen atoms in total. The van der Waals surface area contributed by atoms with Crippen LogP contribution >= 0.6 is 0 Å². The zero-order chi connectivity index (χ0) is 16.5. The molecule has 0 radical (unpaired) electrons. The van der Waals surface area contributed by atoms with Gasteiger partial charge in [0.2, 0.25) is 0 Å². The molecule has 2 aromatic rings. The van der Waals surface area contributed by atoms with Gasteiger partial charge in [-0.25, -0.2) is 0 Å². The Bertz CT molecular complexity index is 591. The molecule has 1 unspecified atom stereocenters. The van der Waals surface area contributed by atoms with Crippen LogP contribution in [0.1, 0.15) is 23.7 Å². The van der Waals surface area contributed by atoms with Gasteiger partial charge in [0.25, 0.3) is 0 Å². The van der Waals surface area contributed by atoms with Crippen LogP contribution in [0.4, 0.5) is 0 Å². The van der Waals surface area contributed by atoms with Crippen LogP contribution in [0.2, 0.25) is 0 Å². The highest BCUT2D eigenvalue weighted by Crippen LogP contribution is 2.22. The fourth-order valence-corrected chi connectivity index (χ4v) is 2.26. The highest BCUT2D eigenvalue weighted by Gasteiger charge is 2.10. The average molecular weight is 311 g/mol. The summed E-state index contributed by atoms with van der Waals surface area (Å²) in [6.07, 6.45) is 5.06. The third-order valence-corrected chi connectivity index (χ3v) is 3.58. The van der Waals surface area contributed by atoms with E-state index in [-0.39, 0.29) is 11.9 Å². The summed E-state index contributed by atoms with van der Waals surface area (Å²) in [4.78, 5) is 2.12. The van der Waals surface area contributed by atoms with Gasteiger partial charge in [0.15, 0.2) is 0 Å². The maximum Gasteiger partial charge on any atom is 0.115 e. The summed E-state index contributed by atoms with van der Waals surface area (Å²) in [7, 11) is 4.09. The molecular formula is C20H25NO2. The standard InChI is InChI=1S/C20H25NO2/c1-21(2)15-16-23-20(18-8-4-3-5-9-18)10-6-7-17-11-13-19(22)14-12-17/h3-9,11-14,20,22H,10,15-16H2,1-2H3. The molecule has 23 heavy (non-hydrogen) atoms. The van der Waals surface area contributed by atoms with E-state index in [2.05, 4.69) is 29.2 Å². The number of phenols is 1. The van der Waals surface area contributed by atoms with Crippen molar-refractivity contribution < 1.29 is 9.84 Å². The number of phenolic OH excluding ortho intramolecular Hbond substituents is 1. The molecule has 3 heteroatoms. The van der Waals surface area contributed by atoms with E-state index in [1.165, 1.54) is 5.56 Å². The van der Waals surface area contributed by atoms with Crippen LogP contribution < -0.4 is 0 Å². The minimum Gasteiger partial charge on any atom is -0.508 e. The van der Waals surface area contributed by atoms with Gasteiger partial charge in [-0.05, 0) is 43.8 Å². The molecule has 0 saturated heterocycles. The maximum absolute atomic E-state index is 9.31. The van der Waals surface area contributed by atoms with Crippen molar-refractivity contribution in [3.63, 3.8) is 0 Å². The Labute approximate surface area is 138 Å². The summed E-state index contributed by atoms with van der Waals surface area (Å²) in [5.74, 6) is 0.288. The number of aromatic hydroxyl groups is 1. The molecule has 2 rings (SSSR count). The van der Waals surface area contributed by atoms with Crippen LogP contribution in [0.15, 0.2) is 60.7 Å². The van der Waals surface area contributed by atoms with Gasteiger partial charge in [0.1, 0.15) is 5.75 Å². The Hall–Kier alpha value is -2.10. The summed E-state index contributed by atoms with van der Waals surface area (Å²) < 4.78 is 6.06. The fourth-order valence-electron chi connectivity index (χ4n) is 2.26.